The van der Waals surface area contributed by atoms with Crippen LogP contribution >= 0.6 is 0 Å². The molecule has 9 nitrogen and oxygen atoms in total. The van der Waals surface area contributed by atoms with E-state index in [4.69, 9.17) is 0 Å². The Bertz CT molecular complexity index is 1040. The topological polar surface area (TPSA) is 122 Å². The number of rotatable bonds is 5. The predicted octanol–water partition coefficient (Wildman–Crippen LogP) is 2.22. The maximum atomic E-state index is 12.4. The Morgan fingerprint density at radius 2 is 1.74 bits per heavy atom. The van der Waals surface area contributed by atoms with Crippen LogP contribution in [0.3, 0.4) is 0 Å². The average molecular weight is 363 g/mol. The Labute approximate surface area is 152 Å². The zero-order valence-electron chi connectivity index (χ0n) is 14.0. The third-order valence-corrected chi connectivity index (χ3v) is 4.30. The zero-order valence-corrected chi connectivity index (χ0v) is 14.0. The van der Waals surface area contributed by atoms with Crippen LogP contribution in [0.25, 0.3) is 11.4 Å². The lowest BCUT2D eigenvalue weighted by Gasteiger charge is -2.12. The van der Waals surface area contributed by atoms with Gasteiger partial charge in [-0.3, -0.25) is 29.7 Å². The minimum atomic E-state index is -0.487. The van der Waals surface area contributed by atoms with Crippen LogP contribution in [0, 0.1) is 10.1 Å². The molecule has 2 heterocycles. The summed E-state index contributed by atoms with van der Waals surface area (Å²) in [5.41, 5.74) is 1.26. The molecule has 0 aliphatic carbocycles. The van der Waals surface area contributed by atoms with Crippen molar-refractivity contribution < 1.29 is 14.5 Å². The van der Waals surface area contributed by atoms with E-state index in [-0.39, 0.29) is 24.0 Å². The summed E-state index contributed by atoms with van der Waals surface area (Å²) in [7, 11) is 0. The molecule has 2 amide bonds. The van der Waals surface area contributed by atoms with Gasteiger partial charge in [-0.1, -0.05) is 24.3 Å². The SMILES string of the molecule is O=C1c2ccccc2C(=O)N1CCc1nc(-c2cccc([N+](=O)[O-])c2)n[nH]1. The van der Waals surface area contributed by atoms with E-state index in [0.717, 1.165) is 0 Å². The van der Waals surface area contributed by atoms with Gasteiger partial charge in [-0.05, 0) is 12.1 Å². The third-order valence-electron chi connectivity index (χ3n) is 4.30. The van der Waals surface area contributed by atoms with E-state index >= 15 is 0 Å². The van der Waals surface area contributed by atoms with E-state index in [1.807, 2.05) is 0 Å². The first-order valence-electron chi connectivity index (χ1n) is 8.16. The predicted molar refractivity (Wildman–Crippen MR) is 94.0 cm³/mol. The summed E-state index contributed by atoms with van der Waals surface area (Å²) in [5, 5.41) is 17.7. The van der Waals surface area contributed by atoms with Crippen LogP contribution in [0.15, 0.2) is 48.5 Å². The van der Waals surface area contributed by atoms with Gasteiger partial charge in [0, 0.05) is 30.7 Å². The smallest absolute Gasteiger partial charge is 0.270 e. The summed E-state index contributed by atoms with van der Waals surface area (Å²) < 4.78 is 0. The van der Waals surface area contributed by atoms with Gasteiger partial charge in [0.15, 0.2) is 5.82 Å². The minimum absolute atomic E-state index is 0.0510. The van der Waals surface area contributed by atoms with Crippen molar-refractivity contribution in [2.24, 2.45) is 0 Å². The Hall–Kier alpha value is -3.88. The van der Waals surface area contributed by atoms with Crippen LogP contribution in [-0.4, -0.2) is 43.4 Å². The second-order valence-corrected chi connectivity index (χ2v) is 5.97. The van der Waals surface area contributed by atoms with Crippen LogP contribution in [0.5, 0.6) is 0 Å². The number of non-ortho nitro benzene ring substituents is 1. The molecule has 134 valence electrons. The number of hydrogen-bond donors (Lipinski definition) is 1. The van der Waals surface area contributed by atoms with Crippen molar-refractivity contribution in [2.45, 2.75) is 6.42 Å². The lowest BCUT2D eigenvalue weighted by atomic mass is 10.1. The number of H-pyrrole nitrogens is 1. The van der Waals surface area contributed by atoms with Crippen molar-refractivity contribution in [3.05, 3.63) is 75.6 Å². The fraction of sp³-hybridized carbons (Fsp3) is 0.111. The quantitative estimate of drug-likeness (QED) is 0.421. The van der Waals surface area contributed by atoms with Crippen molar-refractivity contribution in [2.75, 3.05) is 6.54 Å². The molecule has 3 aromatic rings. The van der Waals surface area contributed by atoms with E-state index in [2.05, 4.69) is 15.2 Å². The molecule has 1 N–H and O–H groups in total. The highest BCUT2D eigenvalue weighted by molar-refractivity contribution is 6.21. The molecule has 0 atom stereocenters. The molecule has 0 radical (unpaired) electrons. The molecule has 1 aliphatic heterocycles. The third kappa shape index (κ3) is 2.95. The number of aromatic amines is 1. The van der Waals surface area contributed by atoms with E-state index in [9.17, 15) is 19.7 Å². The maximum absolute atomic E-state index is 12.4. The van der Waals surface area contributed by atoms with E-state index in [1.165, 1.54) is 17.0 Å². The molecule has 27 heavy (non-hydrogen) atoms. The first-order chi connectivity index (χ1) is 13.0. The molecule has 1 aliphatic rings. The molecule has 0 bridgehead atoms. The summed E-state index contributed by atoms with van der Waals surface area (Å²) in [5.74, 6) is 0.146. The lowest BCUT2D eigenvalue weighted by Crippen LogP contribution is -2.31. The number of imide groups is 1. The Balaban J connectivity index is 1.48. The fourth-order valence-electron chi connectivity index (χ4n) is 2.95. The second kappa shape index (κ2) is 6.45. The van der Waals surface area contributed by atoms with Crippen molar-refractivity contribution in [1.82, 2.24) is 20.1 Å². The number of nitro groups is 1. The number of nitrogens with one attached hydrogen (secondary N) is 1. The second-order valence-electron chi connectivity index (χ2n) is 5.97. The first kappa shape index (κ1) is 16.6. The van der Waals surface area contributed by atoms with Crippen molar-refractivity contribution in [1.29, 1.82) is 0 Å². The van der Waals surface area contributed by atoms with E-state index in [0.29, 0.717) is 34.8 Å². The number of carbonyl (C=O) groups excluding carboxylic acids is 2. The number of aromatic nitrogens is 3. The van der Waals surface area contributed by atoms with Crippen LogP contribution < -0.4 is 0 Å². The maximum Gasteiger partial charge on any atom is 0.270 e. The van der Waals surface area contributed by atoms with Gasteiger partial charge in [0.2, 0.25) is 0 Å². The standard InChI is InChI=1S/C18H13N5O4/c24-17-13-6-1-2-7-14(13)18(25)22(17)9-8-15-19-16(21-20-15)11-4-3-5-12(10-11)23(26)27/h1-7,10H,8-9H2,(H,19,20,21). The number of nitrogens with zero attached hydrogens (tertiary/aromatic N) is 4. The van der Waals surface area contributed by atoms with Gasteiger partial charge in [0.05, 0.1) is 16.1 Å². The lowest BCUT2D eigenvalue weighted by molar-refractivity contribution is -0.384. The summed E-state index contributed by atoms with van der Waals surface area (Å²) in [6, 6.07) is 12.7. The molecule has 0 spiro atoms. The molecular weight excluding hydrogens is 350 g/mol. The molecule has 0 saturated carbocycles. The van der Waals surface area contributed by atoms with Gasteiger partial charge in [-0.25, -0.2) is 4.98 Å². The minimum Gasteiger partial charge on any atom is -0.274 e. The Morgan fingerprint density at radius 1 is 1.04 bits per heavy atom. The Morgan fingerprint density at radius 3 is 2.41 bits per heavy atom. The summed E-state index contributed by atoms with van der Waals surface area (Å²) in [4.78, 5) is 40.6. The number of nitro benzene ring substituents is 1. The number of benzene rings is 2. The fourth-order valence-corrected chi connectivity index (χ4v) is 2.95. The van der Waals surface area contributed by atoms with Crippen LogP contribution in [0.1, 0.15) is 26.5 Å². The number of fused-ring (bicyclic) bond motifs is 1. The van der Waals surface area contributed by atoms with Crippen molar-refractivity contribution >= 4 is 17.5 Å². The summed E-state index contributed by atoms with van der Waals surface area (Å²) >= 11 is 0. The normalized spacial score (nSPS) is 13.1. The zero-order chi connectivity index (χ0) is 19.0. The molecule has 0 unspecified atom stereocenters. The van der Waals surface area contributed by atoms with Gasteiger partial charge >= 0.3 is 0 Å². The van der Waals surface area contributed by atoms with Gasteiger partial charge < -0.3 is 0 Å². The van der Waals surface area contributed by atoms with Crippen LogP contribution in [0.2, 0.25) is 0 Å². The number of hydrogen-bond acceptors (Lipinski definition) is 6. The van der Waals surface area contributed by atoms with E-state index in [1.54, 1.807) is 36.4 Å². The van der Waals surface area contributed by atoms with Crippen molar-refractivity contribution in [3.63, 3.8) is 0 Å². The molecule has 2 aromatic carbocycles. The summed E-state index contributed by atoms with van der Waals surface area (Å²) in [6.07, 6.45) is 0.299. The summed E-state index contributed by atoms with van der Waals surface area (Å²) in [6.45, 7) is 0.163. The van der Waals surface area contributed by atoms with E-state index < -0.39 is 4.92 Å². The molecular formula is C18H13N5O4. The van der Waals surface area contributed by atoms with Gasteiger partial charge in [0.25, 0.3) is 17.5 Å². The monoisotopic (exact) mass is 363 g/mol. The molecule has 9 heteroatoms. The van der Waals surface area contributed by atoms with Gasteiger partial charge in [0.1, 0.15) is 5.82 Å². The molecule has 0 fully saturated rings. The number of carbonyl (C=O) groups is 2. The van der Waals surface area contributed by atoms with Crippen LogP contribution in [-0.2, 0) is 6.42 Å². The highest BCUT2D eigenvalue weighted by Gasteiger charge is 2.34. The largest absolute Gasteiger partial charge is 0.274 e. The number of amides is 2. The highest BCUT2D eigenvalue weighted by Crippen LogP contribution is 2.23. The molecule has 1 aromatic heterocycles. The molecule has 4 rings (SSSR count). The van der Waals surface area contributed by atoms with Crippen LogP contribution in [0.4, 0.5) is 5.69 Å². The van der Waals surface area contributed by atoms with Gasteiger partial charge in [-0.15, -0.1) is 0 Å². The van der Waals surface area contributed by atoms with Crippen molar-refractivity contribution in [3.8, 4) is 11.4 Å². The highest BCUT2D eigenvalue weighted by atomic mass is 16.6. The molecule has 0 saturated heterocycles. The average Bonchev–Trinajstić information content (AvgIpc) is 3.25. The first-order valence-corrected chi connectivity index (χ1v) is 8.16. The van der Waals surface area contributed by atoms with Gasteiger partial charge in [-0.2, -0.15) is 5.10 Å². The Kier molecular flexibility index (Phi) is 3.96.